The molecule has 0 aliphatic heterocycles. The molecule has 0 amide bonds. The predicted molar refractivity (Wildman–Crippen MR) is 60.7 cm³/mol. The van der Waals surface area contributed by atoms with E-state index in [0.29, 0.717) is 17.3 Å². The van der Waals surface area contributed by atoms with Crippen molar-refractivity contribution in [3.05, 3.63) is 0 Å². The van der Waals surface area contributed by atoms with E-state index >= 15 is 0 Å². The summed E-state index contributed by atoms with van der Waals surface area (Å²) in [5.41, 5.74) is 1.20. The van der Waals surface area contributed by atoms with E-state index in [1.165, 1.54) is 32.1 Å². The maximum atomic E-state index is 11.3. The van der Waals surface area contributed by atoms with Crippen LogP contribution in [0.2, 0.25) is 0 Å². The van der Waals surface area contributed by atoms with Crippen LogP contribution in [0.15, 0.2) is 0 Å². The standard InChI is InChI=1S/C13H19ClO/c1-11-3-9-4-12(2,7-11)13(5-9,8-11)6-10(14)15/h9H,3-8H2,1-2H3. The highest BCUT2D eigenvalue weighted by Gasteiger charge is 2.68. The Morgan fingerprint density at radius 1 is 1.27 bits per heavy atom. The fourth-order valence-corrected chi connectivity index (χ4v) is 5.95. The Bertz CT molecular complexity index is 339. The van der Waals surface area contributed by atoms with Crippen LogP contribution in [-0.2, 0) is 4.79 Å². The van der Waals surface area contributed by atoms with Crippen LogP contribution in [0, 0.1) is 22.2 Å². The zero-order chi connectivity index (χ0) is 10.9. The Hall–Kier alpha value is -0.0400. The predicted octanol–water partition coefficient (Wildman–Crippen LogP) is 3.75. The first-order valence-corrected chi connectivity index (χ1v) is 6.43. The lowest BCUT2D eigenvalue weighted by atomic mass is 9.67. The van der Waals surface area contributed by atoms with Gasteiger partial charge in [-0.05, 0) is 65.9 Å². The number of rotatable bonds is 2. The summed E-state index contributed by atoms with van der Waals surface area (Å²) >= 11 is 5.65. The van der Waals surface area contributed by atoms with Gasteiger partial charge in [0, 0.05) is 6.42 Å². The van der Waals surface area contributed by atoms with Crippen LogP contribution in [0.1, 0.15) is 52.4 Å². The van der Waals surface area contributed by atoms with Gasteiger partial charge < -0.3 is 0 Å². The summed E-state index contributed by atoms with van der Waals surface area (Å²) in [6.45, 7) is 4.81. The highest BCUT2D eigenvalue weighted by Crippen LogP contribution is 2.77. The molecule has 0 N–H and O–H groups in total. The Balaban J connectivity index is 2.00. The zero-order valence-corrected chi connectivity index (χ0v) is 10.4. The lowest BCUT2D eigenvalue weighted by molar-refractivity contribution is -0.115. The second-order valence-electron chi connectivity index (χ2n) is 7.02. The van der Waals surface area contributed by atoms with Gasteiger partial charge in [0.1, 0.15) is 0 Å². The van der Waals surface area contributed by atoms with E-state index < -0.39 is 0 Å². The van der Waals surface area contributed by atoms with Crippen molar-refractivity contribution in [3.8, 4) is 0 Å². The molecule has 0 aromatic rings. The molecule has 0 aromatic heterocycles. The second kappa shape index (κ2) is 2.61. The Labute approximate surface area is 96.6 Å². The van der Waals surface area contributed by atoms with Crippen LogP contribution in [0.5, 0.6) is 0 Å². The van der Waals surface area contributed by atoms with E-state index in [1.54, 1.807) is 0 Å². The third-order valence-electron chi connectivity index (χ3n) is 5.54. The van der Waals surface area contributed by atoms with Gasteiger partial charge in [-0.2, -0.15) is 0 Å². The molecule has 1 nitrogen and oxygen atoms in total. The second-order valence-corrected chi connectivity index (χ2v) is 7.44. The largest absolute Gasteiger partial charge is 0.281 e. The molecule has 4 saturated carbocycles. The lowest BCUT2D eigenvalue weighted by Crippen LogP contribution is -2.31. The van der Waals surface area contributed by atoms with E-state index in [1.807, 2.05) is 0 Å². The van der Waals surface area contributed by atoms with Crippen LogP contribution in [0.4, 0.5) is 0 Å². The van der Waals surface area contributed by atoms with Crippen LogP contribution >= 0.6 is 11.6 Å². The summed E-state index contributed by atoms with van der Waals surface area (Å²) < 4.78 is 0. The Kier molecular flexibility index (Phi) is 1.77. The maximum absolute atomic E-state index is 11.3. The van der Waals surface area contributed by atoms with Crippen molar-refractivity contribution in [2.24, 2.45) is 22.2 Å². The van der Waals surface area contributed by atoms with Crippen LogP contribution in [0.25, 0.3) is 0 Å². The fourth-order valence-electron chi connectivity index (χ4n) is 5.69. The average molecular weight is 227 g/mol. The third-order valence-corrected chi connectivity index (χ3v) is 5.67. The van der Waals surface area contributed by atoms with Gasteiger partial charge >= 0.3 is 0 Å². The molecule has 4 unspecified atom stereocenters. The zero-order valence-electron chi connectivity index (χ0n) is 9.61. The molecule has 0 saturated heterocycles. The maximum Gasteiger partial charge on any atom is 0.222 e. The summed E-state index contributed by atoms with van der Waals surface area (Å²) in [4.78, 5) is 11.3. The monoisotopic (exact) mass is 226 g/mol. The van der Waals surface area contributed by atoms with E-state index in [2.05, 4.69) is 13.8 Å². The van der Waals surface area contributed by atoms with Gasteiger partial charge in [-0.3, -0.25) is 4.79 Å². The van der Waals surface area contributed by atoms with E-state index in [9.17, 15) is 4.79 Å². The van der Waals surface area contributed by atoms with Gasteiger partial charge in [0.25, 0.3) is 0 Å². The molecule has 84 valence electrons. The van der Waals surface area contributed by atoms with Gasteiger partial charge in [0.2, 0.25) is 5.24 Å². The molecule has 4 fully saturated rings. The van der Waals surface area contributed by atoms with Crippen LogP contribution in [0.3, 0.4) is 0 Å². The molecule has 4 aliphatic carbocycles. The molecule has 0 aromatic carbocycles. The summed E-state index contributed by atoms with van der Waals surface area (Å²) in [7, 11) is 0. The molecular weight excluding hydrogens is 208 g/mol. The average Bonchev–Trinajstić information content (AvgIpc) is 2.21. The smallest absolute Gasteiger partial charge is 0.222 e. The molecule has 4 aliphatic rings. The Morgan fingerprint density at radius 2 is 2.00 bits per heavy atom. The van der Waals surface area contributed by atoms with E-state index in [0.717, 1.165) is 5.92 Å². The molecular formula is C13H19ClO. The van der Waals surface area contributed by atoms with Gasteiger partial charge in [-0.25, -0.2) is 0 Å². The van der Waals surface area contributed by atoms with Crippen LogP contribution in [-0.4, -0.2) is 5.24 Å². The van der Waals surface area contributed by atoms with Gasteiger partial charge in [0.15, 0.2) is 0 Å². The normalized spacial score (nSPS) is 56.3. The van der Waals surface area contributed by atoms with Gasteiger partial charge in [0.05, 0.1) is 0 Å². The summed E-state index contributed by atoms with van der Waals surface area (Å²) in [6.07, 6.45) is 7.17. The molecule has 0 spiro atoms. The number of hydrogen-bond acceptors (Lipinski definition) is 1. The Morgan fingerprint density at radius 3 is 2.60 bits per heavy atom. The quantitative estimate of drug-likeness (QED) is 0.656. The highest BCUT2D eigenvalue weighted by molar-refractivity contribution is 6.63. The topological polar surface area (TPSA) is 17.1 Å². The SMILES string of the molecule is CC12CC3CC(C)(C1)C(CC(=O)Cl)(C3)C2. The first-order valence-electron chi connectivity index (χ1n) is 6.05. The molecule has 0 radical (unpaired) electrons. The molecule has 15 heavy (non-hydrogen) atoms. The number of halogens is 1. The first kappa shape index (κ1) is 10.1. The molecule has 4 rings (SSSR count). The van der Waals surface area contributed by atoms with Crippen molar-refractivity contribution in [1.82, 2.24) is 0 Å². The molecule has 0 heterocycles. The van der Waals surface area contributed by atoms with Crippen molar-refractivity contribution >= 4 is 16.8 Å². The number of hydrogen-bond donors (Lipinski definition) is 0. The highest BCUT2D eigenvalue weighted by atomic mass is 35.5. The first-order chi connectivity index (χ1) is 6.87. The third kappa shape index (κ3) is 1.19. The van der Waals surface area contributed by atoms with Crippen molar-refractivity contribution in [2.75, 3.05) is 0 Å². The lowest BCUT2D eigenvalue weighted by Gasteiger charge is -2.38. The minimum atomic E-state index is -0.118. The van der Waals surface area contributed by atoms with Crippen molar-refractivity contribution in [3.63, 3.8) is 0 Å². The van der Waals surface area contributed by atoms with Gasteiger partial charge in [-0.1, -0.05) is 13.8 Å². The fraction of sp³-hybridized carbons (Fsp3) is 0.923. The van der Waals surface area contributed by atoms with E-state index in [-0.39, 0.29) is 10.7 Å². The summed E-state index contributed by atoms with van der Waals surface area (Å²) in [6, 6.07) is 0. The van der Waals surface area contributed by atoms with Crippen molar-refractivity contribution in [1.29, 1.82) is 0 Å². The van der Waals surface area contributed by atoms with E-state index in [4.69, 9.17) is 11.6 Å². The van der Waals surface area contributed by atoms with Gasteiger partial charge in [-0.15, -0.1) is 0 Å². The van der Waals surface area contributed by atoms with Crippen LogP contribution < -0.4 is 0 Å². The number of carbonyl (C=O) groups excluding carboxylic acids is 1. The minimum Gasteiger partial charge on any atom is -0.281 e. The molecule has 2 heteroatoms. The summed E-state index contributed by atoms with van der Waals surface area (Å²) in [5, 5.41) is -0.118. The molecule has 4 bridgehead atoms. The minimum absolute atomic E-state index is 0.118. The van der Waals surface area contributed by atoms with Crippen molar-refractivity contribution < 1.29 is 4.79 Å². The van der Waals surface area contributed by atoms with Crippen molar-refractivity contribution in [2.45, 2.75) is 52.4 Å². The molecule has 4 atom stereocenters. The number of carbonyl (C=O) groups is 1. The summed E-state index contributed by atoms with van der Waals surface area (Å²) in [5.74, 6) is 0.874.